The Morgan fingerprint density at radius 2 is 1.61 bits per heavy atom. The highest BCUT2D eigenvalue weighted by atomic mass is 16.6. The molecule has 0 unspecified atom stereocenters. The largest absolute Gasteiger partial charge is 0.465 e. The summed E-state index contributed by atoms with van der Waals surface area (Å²) in [5.41, 5.74) is 0.251. The highest BCUT2D eigenvalue weighted by molar-refractivity contribution is 6.24. The second-order valence-corrected chi connectivity index (χ2v) is 9.19. The van der Waals surface area contributed by atoms with E-state index in [9.17, 15) is 9.59 Å². The normalized spacial score (nSPS) is 27.8. The molecule has 6 nitrogen and oxygen atoms in total. The molecule has 0 saturated carbocycles. The highest BCUT2D eigenvalue weighted by Gasteiger charge is 2.75. The fraction of sp³-hybridized carbons (Fsp3) is 0.444. The first-order chi connectivity index (χ1) is 15.8. The Balaban J connectivity index is 2.04. The van der Waals surface area contributed by atoms with Crippen LogP contribution in [0.4, 0.5) is 0 Å². The van der Waals surface area contributed by atoms with Crippen molar-refractivity contribution in [2.24, 2.45) is 16.3 Å². The van der Waals surface area contributed by atoms with Gasteiger partial charge in [-0.2, -0.15) is 0 Å². The van der Waals surface area contributed by atoms with E-state index in [1.54, 1.807) is 6.92 Å². The number of benzene rings is 2. The number of fused-ring (bicyclic) bond motifs is 1. The number of carbonyl (C=O) groups is 2. The third-order valence-corrected chi connectivity index (χ3v) is 6.42. The highest BCUT2D eigenvalue weighted by Crippen LogP contribution is 2.62. The molecule has 0 bridgehead atoms. The van der Waals surface area contributed by atoms with E-state index in [0.717, 1.165) is 11.1 Å². The summed E-state index contributed by atoms with van der Waals surface area (Å²) in [5, 5.41) is 0. The summed E-state index contributed by atoms with van der Waals surface area (Å²) in [7, 11) is 0. The molecule has 2 heterocycles. The Bertz CT molecular complexity index is 1030. The molecule has 4 rings (SSSR count). The first kappa shape index (κ1) is 23.0. The number of hydrogen-bond acceptors (Lipinski definition) is 5. The van der Waals surface area contributed by atoms with E-state index < -0.39 is 29.4 Å². The van der Waals surface area contributed by atoms with E-state index in [2.05, 4.69) is 18.7 Å². The third kappa shape index (κ3) is 3.62. The van der Waals surface area contributed by atoms with Gasteiger partial charge in [-0.05, 0) is 45.7 Å². The van der Waals surface area contributed by atoms with Gasteiger partial charge in [-0.1, -0.05) is 60.7 Å². The van der Waals surface area contributed by atoms with Crippen LogP contribution in [0.2, 0.25) is 0 Å². The SMILES string of the molecule is CCOC(=O)[C@]12C(=O)O[C@H](c3ccccc3)[C@H]1[C@@H](c1ccccc1)N(C(C)C)C2=NC(C)C. The lowest BCUT2D eigenvalue weighted by molar-refractivity contribution is -0.160. The van der Waals surface area contributed by atoms with Crippen molar-refractivity contribution in [1.82, 2.24) is 4.90 Å². The van der Waals surface area contributed by atoms with Gasteiger partial charge in [0.15, 0.2) is 0 Å². The van der Waals surface area contributed by atoms with Gasteiger partial charge in [0.25, 0.3) is 0 Å². The summed E-state index contributed by atoms with van der Waals surface area (Å²) in [5.74, 6) is -1.23. The predicted molar refractivity (Wildman–Crippen MR) is 127 cm³/mol. The molecule has 4 atom stereocenters. The van der Waals surface area contributed by atoms with Crippen molar-refractivity contribution in [3.05, 3.63) is 71.8 Å². The van der Waals surface area contributed by atoms with Crippen molar-refractivity contribution < 1.29 is 19.1 Å². The van der Waals surface area contributed by atoms with Crippen LogP contribution in [0.1, 0.15) is 57.9 Å². The van der Waals surface area contributed by atoms with Gasteiger partial charge in [0.05, 0.1) is 18.6 Å². The second-order valence-electron chi connectivity index (χ2n) is 9.19. The van der Waals surface area contributed by atoms with Crippen molar-refractivity contribution in [3.63, 3.8) is 0 Å². The zero-order valence-corrected chi connectivity index (χ0v) is 19.9. The second kappa shape index (κ2) is 9.00. The fourth-order valence-corrected chi connectivity index (χ4v) is 5.27. The van der Waals surface area contributed by atoms with Crippen molar-refractivity contribution in [2.75, 3.05) is 6.61 Å². The maximum atomic E-state index is 13.8. The van der Waals surface area contributed by atoms with Crippen molar-refractivity contribution in [1.29, 1.82) is 0 Å². The monoisotopic (exact) mass is 448 g/mol. The lowest BCUT2D eigenvalue weighted by atomic mass is 9.71. The number of cyclic esters (lactones) is 1. The number of ether oxygens (including phenoxy) is 2. The number of amidine groups is 1. The molecular weight excluding hydrogens is 416 g/mol. The molecular formula is C27H32N2O4. The van der Waals surface area contributed by atoms with Gasteiger partial charge in [-0.15, -0.1) is 0 Å². The first-order valence-corrected chi connectivity index (χ1v) is 11.7. The number of esters is 2. The van der Waals surface area contributed by atoms with E-state index >= 15 is 0 Å². The van der Waals surface area contributed by atoms with Gasteiger partial charge < -0.3 is 14.4 Å². The lowest BCUT2D eigenvalue weighted by Gasteiger charge is -2.35. The van der Waals surface area contributed by atoms with Crippen LogP contribution in [0.3, 0.4) is 0 Å². The molecule has 174 valence electrons. The summed E-state index contributed by atoms with van der Waals surface area (Å²) in [6.45, 7) is 9.95. The minimum atomic E-state index is -1.62. The molecule has 0 aromatic heterocycles. The molecule has 0 aliphatic carbocycles. The minimum absolute atomic E-state index is 0.00571. The van der Waals surface area contributed by atoms with Crippen LogP contribution in [0.25, 0.3) is 0 Å². The fourth-order valence-electron chi connectivity index (χ4n) is 5.27. The topological polar surface area (TPSA) is 68.2 Å². The molecule has 0 N–H and O–H groups in total. The average Bonchev–Trinajstić information content (AvgIpc) is 3.26. The van der Waals surface area contributed by atoms with Gasteiger partial charge in [0.1, 0.15) is 11.9 Å². The number of hydrogen-bond donors (Lipinski definition) is 0. The van der Waals surface area contributed by atoms with Crippen LogP contribution in [-0.2, 0) is 19.1 Å². The minimum Gasteiger partial charge on any atom is -0.465 e. The maximum absolute atomic E-state index is 13.8. The Kier molecular flexibility index (Phi) is 6.28. The Morgan fingerprint density at radius 3 is 2.12 bits per heavy atom. The smallest absolute Gasteiger partial charge is 0.332 e. The summed E-state index contributed by atoms with van der Waals surface area (Å²) < 4.78 is 11.6. The van der Waals surface area contributed by atoms with E-state index in [1.807, 2.05) is 74.5 Å². The molecule has 0 radical (unpaired) electrons. The van der Waals surface area contributed by atoms with Gasteiger partial charge in [0.2, 0.25) is 5.41 Å². The van der Waals surface area contributed by atoms with Crippen LogP contribution < -0.4 is 0 Å². The Labute approximate surface area is 195 Å². The third-order valence-electron chi connectivity index (χ3n) is 6.42. The standard InChI is InChI=1S/C27H32N2O4/c1-6-32-25(30)27-21(23(33-26(27)31)20-15-11-8-12-16-20)22(19-13-9-7-10-14-19)29(18(4)5)24(27)28-17(2)3/h7-18,21-23H,6H2,1-5H3/t21-,22-,23-,27+/m1/s1. The molecule has 2 fully saturated rings. The number of carbonyl (C=O) groups excluding carboxylic acids is 2. The molecule has 33 heavy (non-hydrogen) atoms. The number of rotatable bonds is 6. The molecule has 2 aliphatic rings. The lowest BCUT2D eigenvalue weighted by Crippen LogP contribution is -2.49. The van der Waals surface area contributed by atoms with Crippen molar-refractivity contribution in [2.45, 2.75) is 58.8 Å². The molecule has 2 aliphatic heterocycles. The zero-order chi connectivity index (χ0) is 23.8. The van der Waals surface area contributed by atoms with Gasteiger partial charge in [-0.25, -0.2) is 0 Å². The van der Waals surface area contributed by atoms with Crippen molar-refractivity contribution in [3.8, 4) is 0 Å². The molecule has 0 spiro atoms. The van der Waals surface area contributed by atoms with Crippen LogP contribution in [0.15, 0.2) is 65.7 Å². The zero-order valence-electron chi connectivity index (χ0n) is 19.9. The maximum Gasteiger partial charge on any atom is 0.332 e. The number of aliphatic imine (C=N–C) groups is 1. The quantitative estimate of drug-likeness (QED) is 0.472. The summed E-state index contributed by atoms with van der Waals surface area (Å²) in [4.78, 5) is 34.6. The van der Waals surface area contributed by atoms with Crippen LogP contribution in [-0.4, -0.2) is 41.4 Å². The van der Waals surface area contributed by atoms with E-state index in [1.165, 1.54) is 0 Å². The van der Waals surface area contributed by atoms with Gasteiger partial charge >= 0.3 is 11.9 Å². The molecule has 2 saturated heterocycles. The number of nitrogens with zero attached hydrogens (tertiary/aromatic N) is 2. The molecule has 2 aromatic rings. The Hall–Kier alpha value is -3.15. The average molecular weight is 449 g/mol. The Morgan fingerprint density at radius 1 is 1.03 bits per heavy atom. The van der Waals surface area contributed by atoms with Crippen molar-refractivity contribution >= 4 is 17.8 Å². The molecule has 2 aromatic carbocycles. The summed E-state index contributed by atoms with van der Waals surface area (Å²) in [6.07, 6.45) is -0.602. The molecule has 6 heteroatoms. The first-order valence-electron chi connectivity index (χ1n) is 11.7. The van der Waals surface area contributed by atoms with E-state index in [0.29, 0.717) is 5.84 Å². The van der Waals surface area contributed by atoms with Crippen LogP contribution in [0.5, 0.6) is 0 Å². The van der Waals surface area contributed by atoms with E-state index in [-0.39, 0.29) is 24.7 Å². The van der Waals surface area contributed by atoms with E-state index in [4.69, 9.17) is 14.5 Å². The van der Waals surface area contributed by atoms with Crippen LogP contribution in [0, 0.1) is 11.3 Å². The molecule has 0 amide bonds. The van der Waals surface area contributed by atoms with Gasteiger partial charge in [-0.3, -0.25) is 14.6 Å². The van der Waals surface area contributed by atoms with Gasteiger partial charge in [0, 0.05) is 12.1 Å². The summed E-state index contributed by atoms with van der Waals surface area (Å²) in [6, 6.07) is 19.2. The number of likely N-dealkylation sites (tertiary alicyclic amines) is 1. The predicted octanol–water partition coefficient (Wildman–Crippen LogP) is 4.72. The van der Waals surface area contributed by atoms with Crippen LogP contribution >= 0.6 is 0 Å². The summed E-state index contributed by atoms with van der Waals surface area (Å²) >= 11 is 0.